The largest absolute Gasteiger partial charge is 0.344 e. The Balaban J connectivity index is 2.68. The maximum atomic E-state index is 8.89. The summed E-state index contributed by atoms with van der Waals surface area (Å²) in [6, 6.07) is 8.02. The number of aromatic nitrogens is 1. The number of rotatable bonds is 2. The molecule has 2 rings (SSSR count). The average Bonchev–Trinajstić information content (AvgIpc) is 2.73. The Morgan fingerprint density at radius 3 is 2.88 bits per heavy atom. The molecular weight excluding hydrogens is 240 g/mol. The molecule has 1 aromatic heterocycles. The Bertz CT molecular complexity index is 568. The fourth-order valence-electron chi connectivity index (χ4n) is 1.76. The molecule has 0 aliphatic carbocycles. The second-order valence-electron chi connectivity index (χ2n) is 3.73. The van der Waals surface area contributed by atoms with Gasteiger partial charge >= 0.3 is 0 Å². The summed E-state index contributed by atoms with van der Waals surface area (Å²) >= 11 is 10.4. The van der Waals surface area contributed by atoms with E-state index in [1.54, 1.807) is 6.07 Å². The van der Waals surface area contributed by atoms with E-state index in [1.165, 1.54) is 0 Å². The van der Waals surface area contributed by atoms with Gasteiger partial charge in [-0.1, -0.05) is 11.6 Å². The standard InChI is InChI=1S/C12H11ClN2S/c1-8(7-16)15-5-4-10-11(15)3-2-9(6-14)12(10)13/h2-5,8,16H,7H2,1H3/t8-/m0/s1. The van der Waals surface area contributed by atoms with Gasteiger partial charge in [0.15, 0.2) is 0 Å². The summed E-state index contributed by atoms with van der Waals surface area (Å²) in [7, 11) is 0. The van der Waals surface area contributed by atoms with Gasteiger partial charge in [-0.15, -0.1) is 0 Å². The van der Waals surface area contributed by atoms with E-state index in [-0.39, 0.29) is 0 Å². The van der Waals surface area contributed by atoms with Crippen molar-refractivity contribution in [2.45, 2.75) is 13.0 Å². The van der Waals surface area contributed by atoms with Crippen molar-refractivity contribution >= 4 is 35.1 Å². The summed E-state index contributed by atoms with van der Waals surface area (Å²) < 4.78 is 2.12. The third kappa shape index (κ3) is 1.68. The molecule has 16 heavy (non-hydrogen) atoms. The van der Waals surface area contributed by atoms with E-state index in [0.29, 0.717) is 16.6 Å². The molecule has 82 valence electrons. The highest BCUT2D eigenvalue weighted by atomic mass is 35.5. The van der Waals surface area contributed by atoms with Crippen LogP contribution in [0, 0.1) is 11.3 Å². The summed E-state index contributed by atoms with van der Waals surface area (Å²) in [6.07, 6.45) is 1.98. The van der Waals surface area contributed by atoms with Crippen LogP contribution in [-0.2, 0) is 0 Å². The van der Waals surface area contributed by atoms with Crippen molar-refractivity contribution in [1.82, 2.24) is 4.57 Å². The fraction of sp³-hybridized carbons (Fsp3) is 0.250. The second-order valence-corrected chi connectivity index (χ2v) is 4.47. The molecule has 2 nitrogen and oxygen atoms in total. The number of hydrogen-bond donors (Lipinski definition) is 1. The van der Waals surface area contributed by atoms with Gasteiger partial charge in [-0.2, -0.15) is 17.9 Å². The molecule has 0 aliphatic heterocycles. The number of nitrogens with zero attached hydrogens (tertiary/aromatic N) is 2. The minimum absolute atomic E-state index is 0.310. The molecule has 0 radical (unpaired) electrons. The van der Waals surface area contributed by atoms with Crippen LogP contribution in [0.3, 0.4) is 0 Å². The molecule has 0 aliphatic rings. The van der Waals surface area contributed by atoms with E-state index in [4.69, 9.17) is 16.9 Å². The van der Waals surface area contributed by atoms with E-state index in [9.17, 15) is 0 Å². The van der Waals surface area contributed by atoms with Gasteiger partial charge in [-0.05, 0) is 25.1 Å². The summed E-state index contributed by atoms with van der Waals surface area (Å²) in [5.41, 5.74) is 1.57. The number of fused-ring (bicyclic) bond motifs is 1. The highest BCUT2D eigenvalue weighted by molar-refractivity contribution is 7.80. The van der Waals surface area contributed by atoms with Gasteiger partial charge < -0.3 is 4.57 Å². The molecule has 4 heteroatoms. The lowest BCUT2D eigenvalue weighted by Gasteiger charge is -2.12. The zero-order valence-corrected chi connectivity index (χ0v) is 10.5. The first-order valence-corrected chi connectivity index (χ1v) is 6.00. The van der Waals surface area contributed by atoms with E-state index >= 15 is 0 Å². The predicted octanol–water partition coefficient (Wildman–Crippen LogP) is 3.66. The number of benzene rings is 1. The second kappa shape index (κ2) is 4.40. The monoisotopic (exact) mass is 250 g/mol. The Kier molecular flexibility index (Phi) is 3.13. The molecule has 0 amide bonds. The minimum atomic E-state index is 0.310. The van der Waals surface area contributed by atoms with Crippen molar-refractivity contribution in [3.63, 3.8) is 0 Å². The zero-order chi connectivity index (χ0) is 11.7. The van der Waals surface area contributed by atoms with Crippen LogP contribution in [0.4, 0.5) is 0 Å². The molecule has 0 N–H and O–H groups in total. The highest BCUT2D eigenvalue weighted by Gasteiger charge is 2.11. The molecule has 0 saturated heterocycles. The normalized spacial score (nSPS) is 12.6. The van der Waals surface area contributed by atoms with Crippen molar-refractivity contribution in [3.8, 4) is 6.07 Å². The molecule has 0 bridgehead atoms. The Hall–Kier alpha value is -1.11. The lowest BCUT2D eigenvalue weighted by molar-refractivity contribution is 0.634. The van der Waals surface area contributed by atoms with Gasteiger partial charge in [0.25, 0.3) is 0 Å². The Labute approximate surface area is 105 Å². The summed E-state index contributed by atoms with van der Waals surface area (Å²) in [6.45, 7) is 2.10. The molecule has 1 heterocycles. The first kappa shape index (κ1) is 11.4. The van der Waals surface area contributed by atoms with Crippen LogP contribution in [-0.4, -0.2) is 10.3 Å². The van der Waals surface area contributed by atoms with Crippen LogP contribution < -0.4 is 0 Å². The van der Waals surface area contributed by atoms with E-state index in [0.717, 1.165) is 16.7 Å². The summed E-state index contributed by atoms with van der Waals surface area (Å²) in [5, 5.41) is 10.3. The van der Waals surface area contributed by atoms with E-state index in [2.05, 4.69) is 30.2 Å². The molecular formula is C12H11ClN2S. The maximum Gasteiger partial charge on any atom is 0.101 e. The Morgan fingerprint density at radius 1 is 1.50 bits per heavy atom. The summed E-state index contributed by atoms with van der Waals surface area (Å²) in [5.74, 6) is 0.765. The van der Waals surface area contributed by atoms with Crippen molar-refractivity contribution in [3.05, 3.63) is 35.0 Å². The van der Waals surface area contributed by atoms with Crippen LogP contribution in [0.15, 0.2) is 24.4 Å². The maximum absolute atomic E-state index is 8.89. The first-order chi connectivity index (χ1) is 7.69. The minimum Gasteiger partial charge on any atom is -0.344 e. The van der Waals surface area contributed by atoms with Gasteiger partial charge in [0.05, 0.1) is 10.6 Å². The third-order valence-corrected chi connectivity index (χ3v) is 3.63. The van der Waals surface area contributed by atoms with Crippen molar-refractivity contribution in [2.24, 2.45) is 0 Å². The van der Waals surface area contributed by atoms with Crippen LogP contribution in [0.1, 0.15) is 18.5 Å². The van der Waals surface area contributed by atoms with Crippen LogP contribution >= 0.6 is 24.2 Å². The molecule has 1 aromatic carbocycles. The van der Waals surface area contributed by atoms with Crippen molar-refractivity contribution in [1.29, 1.82) is 5.26 Å². The number of halogens is 1. The third-order valence-electron chi connectivity index (χ3n) is 2.70. The molecule has 0 saturated carbocycles. The quantitative estimate of drug-likeness (QED) is 0.810. The zero-order valence-electron chi connectivity index (χ0n) is 8.81. The summed E-state index contributed by atoms with van der Waals surface area (Å²) in [4.78, 5) is 0. The van der Waals surface area contributed by atoms with Gasteiger partial charge in [0, 0.05) is 28.9 Å². The fourth-order valence-corrected chi connectivity index (χ4v) is 2.20. The van der Waals surface area contributed by atoms with Gasteiger partial charge in [-0.25, -0.2) is 0 Å². The smallest absolute Gasteiger partial charge is 0.101 e. The SMILES string of the molecule is C[C@@H](CS)n1ccc2c(Cl)c(C#N)ccc21. The van der Waals surface area contributed by atoms with Crippen molar-refractivity contribution in [2.75, 3.05) is 5.75 Å². The average molecular weight is 251 g/mol. The number of thiol groups is 1. The lowest BCUT2D eigenvalue weighted by Crippen LogP contribution is -2.04. The number of hydrogen-bond acceptors (Lipinski definition) is 2. The molecule has 0 fully saturated rings. The molecule has 2 aromatic rings. The van der Waals surface area contributed by atoms with Gasteiger partial charge in [0.1, 0.15) is 6.07 Å². The van der Waals surface area contributed by atoms with E-state index < -0.39 is 0 Å². The Morgan fingerprint density at radius 2 is 2.25 bits per heavy atom. The predicted molar refractivity (Wildman–Crippen MR) is 70.2 cm³/mol. The lowest BCUT2D eigenvalue weighted by atomic mass is 10.1. The highest BCUT2D eigenvalue weighted by Crippen LogP contribution is 2.29. The topological polar surface area (TPSA) is 28.7 Å². The first-order valence-electron chi connectivity index (χ1n) is 4.99. The van der Waals surface area contributed by atoms with E-state index in [1.807, 2.05) is 18.3 Å². The van der Waals surface area contributed by atoms with Crippen LogP contribution in [0.5, 0.6) is 0 Å². The molecule has 1 atom stereocenters. The van der Waals surface area contributed by atoms with Gasteiger partial charge in [0.2, 0.25) is 0 Å². The van der Waals surface area contributed by atoms with Crippen molar-refractivity contribution < 1.29 is 0 Å². The molecule has 0 unspecified atom stereocenters. The molecule has 0 spiro atoms. The van der Waals surface area contributed by atoms with Crippen LogP contribution in [0.2, 0.25) is 5.02 Å². The van der Waals surface area contributed by atoms with Gasteiger partial charge in [-0.3, -0.25) is 0 Å². The number of nitriles is 1. The van der Waals surface area contributed by atoms with Crippen LogP contribution in [0.25, 0.3) is 10.9 Å².